The molecule has 27 heavy (non-hydrogen) atoms. The van der Waals surface area contributed by atoms with E-state index in [1.54, 1.807) is 16.4 Å². The summed E-state index contributed by atoms with van der Waals surface area (Å²) in [7, 11) is 0. The third-order valence-electron chi connectivity index (χ3n) is 4.48. The van der Waals surface area contributed by atoms with Crippen LogP contribution in [0.1, 0.15) is 11.3 Å². The van der Waals surface area contributed by atoms with Crippen molar-refractivity contribution in [3.63, 3.8) is 0 Å². The van der Waals surface area contributed by atoms with E-state index in [4.69, 9.17) is 16.7 Å². The van der Waals surface area contributed by atoms with Crippen molar-refractivity contribution in [2.24, 2.45) is 5.10 Å². The third kappa shape index (κ3) is 2.70. The molecule has 0 unspecified atom stereocenters. The molecule has 2 aromatic heterocycles. The van der Waals surface area contributed by atoms with Gasteiger partial charge in [0.1, 0.15) is 5.69 Å². The summed E-state index contributed by atoms with van der Waals surface area (Å²) in [4.78, 5) is 0. The van der Waals surface area contributed by atoms with Gasteiger partial charge in [-0.1, -0.05) is 53.7 Å². The van der Waals surface area contributed by atoms with Crippen molar-refractivity contribution in [2.75, 3.05) is 5.75 Å². The van der Waals surface area contributed by atoms with Crippen molar-refractivity contribution >= 4 is 40.0 Å². The van der Waals surface area contributed by atoms with Crippen LogP contribution in [0.15, 0.2) is 58.8 Å². The van der Waals surface area contributed by atoms with Gasteiger partial charge < -0.3 is 0 Å². The van der Waals surface area contributed by atoms with Crippen LogP contribution in [-0.2, 0) is 0 Å². The quantitative estimate of drug-likeness (QED) is 0.511. The lowest BCUT2D eigenvalue weighted by atomic mass is 10.1. The number of benzene rings is 2. The van der Waals surface area contributed by atoms with Crippen LogP contribution in [0.2, 0.25) is 5.02 Å². The fourth-order valence-corrected chi connectivity index (χ4v) is 4.14. The summed E-state index contributed by atoms with van der Waals surface area (Å²) in [6.07, 6.45) is 0. The van der Waals surface area contributed by atoms with Crippen molar-refractivity contribution in [3.05, 3.63) is 64.8 Å². The molecule has 0 saturated heterocycles. The average Bonchev–Trinajstić information content (AvgIpc) is 3.12. The second kappa shape index (κ2) is 6.44. The minimum Gasteiger partial charge on any atom is -0.186 e. The molecular formula is C19H13ClN6S. The first-order valence-electron chi connectivity index (χ1n) is 8.36. The Morgan fingerprint density at radius 2 is 1.78 bits per heavy atom. The molecule has 132 valence electrons. The van der Waals surface area contributed by atoms with Gasteiger partial charge in [0.15, 0.2) is 5.82 Å². The summed E-state index contributed by atoms with van der Waals surface area (Å²) in [5.41, 5.74) is 4.38. The maximum Gasteiger partial charge on any atom is 0.212 e. The maximum atomic E-state index is 6.34. The van der Waals surface area contributed by atoms with E-state index in [0.717, 1.165) is 38.6 Å². The molecule has 0 aliphatic carbocycles. The number of halogens is 1. The molecule has 0 atom stereocenters. The fourth-order valence-electron chi connectivity index (χ4n) is 3.11. The lowest BCUT2D eigenvalue weighted by molar-refractivity contribution is 0.760. The van der Waals surface area contributed by atoms with Crippen molar-refractivity contribution in [3.8, 4) is 11.4 Å². The predicted octanol–water partition coefficient (Wildman–Crippen LogP) is 4.21. The van der Waals surface area contributed by atoms with Gasteiger partial charge in [-0.3, -0.25) is 0 Å². The second-order valence-electron chi connectivity index (χ2n) is 6.12. The molecule has 1 aliphatic heterocycles. The highest BCUT2D eigenvalue weighted by Crippen LogP contribution is 2.32. The minimum atomic E-state index is 0.613. The summed E-state index contributed by atoms with van der Waals surface area (Å²) in [6.45, 7) is 2.05. The van der Waals surface area contributed by atoms with E-state index >= 15 is 0 Å². The van der Waals surface area contributed by atoms with E-state index in [2.05, 4.69) is 33.4 Å². The van der Waals surface area contributed by atoms with E-state index in [1.807, 2.05) is 42.5 Å². The Morgan fingerprint density at radius 3 is 2.67 bits per heavy atom. The minimum absolute atomic E-state index is 0.613. The molecule has 0 amide bonds. The first-order valence-corrected chi connectivity index (χ1v) is 9.72. The van der Waals surface area contributed by atoms with Crippen molar-refractivity contribution in [1.82, 2.24) is 25.1 Å². The topological polar surface area (TPSA) is 68.8 Å². The number of fused-ring (bicyclic) bond motifs is 2. The Labute approximate surface area is 164 Å². The Hall–Kier alpha value is -2.77. The molecule has 0 fully saturated rings. The lowest BCUT2D eigenvalue weighted by Gasteiger charge is -2.15. The highest BCUT2D eigenvalue weighted by atomic mass is 35.5. The molecule has 0 bridgehead atoms. The van der Waals surface area contributed by atoms with E-state index in [1.165, 1.54) is 0 Å². The standard InChI is InChI=1S/C19H13ClN6S/c1-11-12-6-3-5-9-15(12)21-22-17(11)16-10-27-19-24-23-18(26(19)25-16)13-7-2-4-8-14(13)20/h2-9H,10H2,1H3. The zero-order chi connectivity index (χ0) is 18.4. The molecular weight excluding hydrogens is 380 g/mol. The van der Waals surface area contributed by atoms with Gasteiger partial charge in [-0.2, -0.15) is 9.78 Å². The summed E-state index contributed by atoms with van der Waals surface area (Å²) >= 11 is 7.92. The molecule has 4 aromatic rings. The Bertz CT molecular complexity index is 1220. The zero-order valence-electron chi connectivity index (χ0n) is 14.3. The van der Waals surface area contributed by atoms with Gasteiger partial charge in [0.05, 0.1) is 16.3 Å². The van der Waals surface area contributed by atoms with Crippen molar-refractivity contribution < 1.29 is 0 Å². The summed E-state index contributed by atoms with van der Waals surface area (Å²) in [6, 6.07) is 15.5. The molecule has 8 heteroatoms. The highest BCUT2D eigenvalue weighted by Gasteiger charge is 2.23. The van der Waals surface area contributed by atoms with Crippen molar-refractivity contribution in [1.29, 1.82) is 0 Å². The van der Waals surface area contributed by atoms with Crippen LogP contribution in [0.4, 0.5) is 0 Å². The van der Waals surface area contributed by atoms with Gasteiger partial charge in [0.2, 0.25) is 5.16 Å². The first-order chi connectivity index (χ1) is 13.2. The molecule has 3 heterocycles. The van der Waals surface area contributed by atoms with Crippen LogP contribution in [0.3, 0.4) is 0 Å². The molecule has 0 radical (unpaired) electrons. The molecule has 0 N–H and O–H groups in total. The molecule has 5 rings (SSSR count). The number of aryl methyl sites for hydroxylation is 1. The zero-order valence-corrected chi connectivity index (χ0v) is 15.9. The van der Waals surface area contributed by atoms with Gasteiger partial charge in [-0.25, -0.2) is 0 Å². The van der Waals surface area contributed by atoms with E-state index in [0.29, 0.717) is 16.6 Å². The number of hydrogen-bond donors (Lipinski definition) is 0. The molecule has 6 nitrogen and oxygen atoms in total. The monoisotopic (exact) mass is 392 g/mol. The van der Waals surface area contributed by atoms with E-state index in [-0.39, 0.29) is 0 Å². The Morgan fingerprint density at radius 1 is 0.963 bits per heavy atom. The Kier molecular flexibility index (Phi) is 3.91. The number of rotatable bonds is 2. The SMILES string of the molecule is Cc1c(C2=Nn3c(nnc3-c3ccccc3Cl)SC2)nnc2ccccc12. The predicted molar refractivity (Wildman–Crippen MR) is 107 cm³/mol. The van der Waals surface area contributed by atoms with Gasteiger partial charge in [0.25, 0.3) is 0 Å². The first kappa shape index (κ1) is 16.4. The van der Waals surface area contributed by atoms with Crippen LogP contribution in [0, 0.1) is 6.92 Å². The summed E-state index contributed by atoms with van der Waals surface area (Å²) < 4.78 is 1.74. The highest BCUT2D eigenvalue weighted by molar-refractivity contribution is 7.99. The number of thioether (sulfide) groups is 1. The van der Waals surface area contributed by atoms with Crippen molar-refractivity contribution in [2.45, 2.75) is 12.1 Å². The van der Waals surface area contributed by atoms with Gasteiger partial charge >= 0.3 is 0 Å². The van der Waals surface area contributed by atoms with Gasteiger partial charge in [0, 0.05) is 16.7 Å². The van der Waals surface area contributed by atoms with E-state index < -0.39 is 0 Å². The normalized spacial score (nSPS) is 13.5. The molecule has 1 aliphatic rings. The van der Waals surface area contributed by atoms with Gasteiger partial charge in [-0.15, -0.1) is 20.4 Å². The molecule has 0 spiro atoms. The third-order valence-corrected chi connectivity index (χ3v) is 5.74. The average molecular weight is 393 g/mol. The van der Waals surface area contributed by atoms with Crippen LogP contribution < -0.4 is 0 Å². The molecule has 2 aromatic carbocycles. The Balaban J connectivity index is 1.66. The number of hydrogen-bond acceptors (Lipinski definition) is 6. The number of aromatic nitrogens is 5. The van der Waals surface area contributed by atoms with Crippen LogP contribution >= 0.6 is 23.4 Å². The molecule has 0 saturated carbocycles. The van der Waals surface area contributed by atoms with Gasteiger partial charge in [-0.05, 0) is 30.7 Å². The number of nitrogens with zero attached hydrogens (tertiary/aromatic N) is 6. The summed E-state index contributed by atoms with van der Waals surface area (Å²) in [5.74, 6) is 1.28. The van der Waals surface area contributed by atoms with E-state index in [9.17, 15) is 0 Å². The largest absolute Gasteiger partial charge is 0.212 e. The van der Waals surface area contributed by atoms with Crippen LogP contribution in [0.25, 0.3) is 22.3 Å². The second-order valence-corrected chi connectivity index (χ2v) is 7.47. The maximum absolute atomic E-state index is 6.34. The smallest absolute Gasteiger partial charge is 0.186 e. The van der Waals surface area contributed by atoms with Crippen LogP contribution in [0.5, 0.6) is 0 Å². The summed E-state index contributed by atoms with van der Waals surface area (Å²) in [5, 5.41) is 24.5. The lowest BCUT2D eigenvalue weighted by Crippen LogP contribution is -2.17. The van der Waals surface area contributed by atoms with Crippen LogP contribution in [-0.4, -0.2) is 36.5 Å². The fraction of sp³-hybridized carbons (Fsp3) is 0.105.